The smallest absolute Gasteiger partial charge is 0.243 e. The van der Waals surface area contributed by atoms with Crippen LogP contribution in [-0.4, -0.2) is 17.2 Å². The highest BCUT2D eigenvalue weighted by molar-refractivity contribution is 7.80. The van der Waals surface area contributed by atoms with E-state index in [0.29, 0.717) is 5.57 Å². The molecule has 4 N–H and O–H groups in total. The van der Waals surface area contributed by atoms with Crippen LogP contribution in [0.4, 0.5) is 0 Å². The molecule has 0 aliphatic heterocycles. The zero-order chi connectivity index (χ0) is 10.1. The van der Waals surface area contributed by atoms with Crippen molar-refractivity contribution in [2.75, 3.05) is 0 Å². The second-order valence-electron chi connectivity index (χ2n) is 1.87. The number of aliphatic imine (C=N–C) groups is 1. The number of amides is 1. The van der Waals surface area contributed by atoms with Crippen LogP contribution >= 0.6 is 12.2 Å². The van der Waals surface area contributed by atoms with Crippen LogP contribution in [0.15, 0.2) is 17.1 Å². The van der Waals surface area contributed by atoms with E-state index in [1.54, 1.807) is 20.1 Å². The summed E-state index contributed by atoms with van der Waals surface area (Å²) in [6.07, 6.45) is 1.56. The first kappa shape index (κ1) is 13.4. The molecule has 4 nitrogen and oxygen atoms in total. The predicted octanol–water partition coefficient (Wildman–Crippen LogP) is 0.368. The predicted molar refractivity (Wildman–Crippen MR) is 55.0 cm³/mol. The first-order valence-corrected chi connectivity index (χ1v) is 3.56. The first-order chi connectivity index (χ1) is 5.41. The number of carbonyl (C=O) groups excluding carboxylic acids is 1. The molecule has 0 aromatic heterocycles. The van der Waals surface area contributed by atoms with Gasteiger partial charge in [0, 0.05) is 11.8 Å². The average molecular weight is 187 g/mol. The molecular formula is C7H13N3OS. The van der Waals surface area contributed by atoms with Crippen molar-refractivity contribution in [2.45, 2.75) is 13.8 Å². The Morgan fingerprint density at radius 1 is 1.58 bits per heavy atom. The SMILES string of the molecule is C=C(C)C(N)=O.CC=NC(N)=S. The molecule has 0 heterocycles. The molecule has 0 radical (unpaired) electrons. The number of nitrogens with zero attached hydrogens (tertiary/aromatic N) is 1. The van der Waals surface area contributed by atoms with Gasteiger partial charge in [-0.3, -0.25) is 4.79 Å². The topological polar surface area (TPSA) is 81.5 Å². The van der Waals surface area contributed by atoms with Gasteiger partial charge in [-0.05, 0) is 26.1 Å². The third-order valence-electron chi connectivity index (χ3n) is 0.677. The lowest BCUT2D eigenvalue weighted by molar-refractivity contribution is -0.114. The van der Waals surface area contributed by atoms with Gasteiger partial charge in [-0.1, -0.05) is 6.58 Å². The van der Waals surface area contributed by atoms with Gasteiger partial charge in [0.2, 0.25) is 5.91 Å². The van der Waals surface area contributed by atoms with Crippen molar-refractivity contribution in [3.8, 4) is 0 Å². The molecule has 0 saturated carbocycles. The summed E-state index contributed by atoms with van der Waals surface area (Å²) in [5.74, 6) is -0.435. The minimum absolute atomic E-state index is 0.192. The van der Waals surface area contributed by atoms with Crippen LogP contribution in [0.5, 0.6) is 0 Å². The highest BCUT2D eigenvalue weighted by Gasteiger charge is 1.86. The van der Waals surface area contributed by atoms with E-state index in [-0.39, 0.29) is 5.11 Å². The van der Waals surface area contributed by atoms with Gasteiger partial charge >= 0.3 is 0 Å². The third-order valence-corrected chi connectivity index (χ3v) is 0.782. The van der Waals surface area contributed by atoms with Crippen molar-refractivity contribution in [3.63, 3.8) is 0 Å². The van der Waals surface area contributed by atoms with Gasteiger partial charge in [0.05, 0.1) is 0 Å². The zero-order valence-electron chi connectivity index (χ0n) is 7.20. The molecule has 0 aromatic carbocycles. The first-order valence-electron chi connectivity index (χ1n) is 3.15. The highest BCUT2D eigenvalue weighted by atomic mass is 32.1. The van der Waals surface area contributed by atoms with Crippen molar-refractivity contribution in [2.24, 2.45) is 16.5 Å². The molecule has 5 heteroatoms. The van der Waals surface area contributed by atoms with Crippen LogP contribution < -0.4 is 11.5 Å². The van der Waals surface area contributed by atoms with Gasteiger partial charge in [-0.25, -0.2) is 4.99 Å². The average Bonchev–Trinajstić information content (AvgIpc) is 1.87. The van der Waals surface area contributed by atoms with Crippen LogP contribution in [0.3, 0.4) is 0 Å². The van der Waals surface area contributed by atoms with E-state index in [1.165, 1.54) is 0 Å². The Morgan fingerprint density at radius 2 is 1.92 bits per heavy atom. The van der Waals surface area contributed by atoms with Crippen LogP contribution in [0.1, 0.15) is 13.8 Å². The monoisotopic (exact) mass is 187 g/mol. The van der Waals surface area contributed by atoms with Crippen molar-refractivity contribution in [1.82, 2.24) is 0 Å². The molecule has 0 aliphatic carbocycles. The Bertz CT molecular complexity index is 199. The van der Waals surface area contributed by atoms with Crippen molar-refractivity contribution >= 4 is 29.5 Å². The molecule has 68 valence electrons. The lowest BCUT2D eigenvalue weighted by atomic mass is 10.3. The van der Waals surface area contributed by atoms with Crippen LogP contribution in [0.25, 0.3) is 0 Å². The normalized spacial score (nSPS) is 8.50. The van der Waals surface area contributed by atoms with Crippen molar-refractivity contribution in [1.29, 1.82) is 0 Å². The number of primary amides is 1. The van der Waals surface area contributed by atoms with Gasteiger partial charge in [0.1, 0.15) is 0 Å². The Kier molecular flexibility index (Phi) is 8.77. The second kappa shape index (κ2) is 7.87. The molecule has 0 aliphatic rings. The summed E-state index contributed by atoms with van der Waals surface area (Å²) in [6.45, 7) is 6.61. The molecule has 12 heavy (non-hydrogen) atoms. The molecule has 0 bridgehead atoms. The summed E-state index contributed by atoms with van der Waals surface area (Å²) in [6, 6.07) is 0. The van der Waals surface area contributed by atoms with E-state index in [9.17, 15) is 4.79 Å². The largest absolute Gasteiger partial charge is 0.374 e. The summed E-state index contributed by atoms with van der Waals surface area (Å²) in [7, 11) is 0. The molecule has 1 amide bonds. The number of carbonyl (C=O) groups is 1. The Balaban J connectivity index is 0. The third kappa shape index (κ3) is 15.9. The summed E-state index contributed by atoms with van der Waals surface area (Å²) in [5.41, 5.74) is 10.0. The Morgan fingerprint density at radius 3 is 1.92 bits per heavy atom. The fourth-order valence-corrected chi connectivity index (χ4v) is 0.233. The lowest BCUT2D eigenvalue weighted by Gasteiger charge is -1.81. The fraction of sp³-hybridized carbons (Fsp3) is 0.286. The van der Waals surface area contributed by atoms with Crippen LogP contribution in [-0.2, 0) is 4.79 Å². The number of hydrogen-bond acceptors (Lipinski definition) is 2. The van der Waals surface area contributed by atoms with Crippen LogP contribution in [0, 0.1) is 0 Å². The maximum atomic E-state index is 9.82. The number of nitrogens with two attached hydrogens (primary N) is 2. The maximum Gasteiger partial charge on any atom is 0.243 e. The maximum absolute atomic E-state index is 9.82. The van der Waals surface area contributed by atoms with Gasteiger partial charge in [-0.2, -0.15) is 0 Å². The molecule has 0 atom stereocenters. The summed E-state index contributed by atoms with van der Waals surface area (Å²) in [4.78, 5) is 13.3. The zero-order valence-corrected chi connectivity index (χ0v) is 8.02. The van der Waals surface area contributed by atoms with E-state index in [4.69, 9.17) is 11.5 Å². The second-order valence-corrected chi connectivity index (χ2v) is 2.29. The van der Waals surface area contributed by atoms with Gasteiger partial charge in [-0.15, -0.1) is 0 Å². The van der Waals surface area contributed by atoms with E-state index < -0.39 is 5.91 Å². The molecule has 0 unspecified atom stereocenters. The Hall–Kier alpha value is -1.23. The lowest BCUT2D eigenvalue weighted by Crippen LogP contribution is -2.10. The molecular weight excluding hydrogens is 174 g/mol. The van der Waals surface area contributed by atoms with Crippen molar-refractivity contribution < 1.29 is 4.79 Å². The van der Waals surface area contributed by atoms with Crippen LogP contribution in [0.2, 0.25) is 0 Å². The van der Waals surface area contributed by atoms with Gasteiger partial charge in [0.25, 0.3) is 0 Å². The summed E-state index contributed by atoms with van der Waals surface area (Å²) >= 11 is 4.37. The summed E-state index contributed by atoms with van der Waals surface area (Å²) in [5, 5.41) is 0.192. The molecule has 0 spiro atoms. The number of hydrogen-bond donors (Lipinski definition) is 2. The fourth-order valence-electron chi connectivity index (χ4n) is 0.127. The van der Waals surface area contributed by atoms with Crippen molar-refractivity contribution in [3.05, 3.63) is 12.2 Å². The number of rotatable bonds is 1. The number of thiocarbonyl (C=S) groups is 1. The molecule has 0 aromatic rings. The standard InChI is InChI=1S/C4H7NO.C3H6N2S/c1-3(2)4(5)6;1-2-5-3(4)6/h1H2,2H3,(H2,5,6);2H,1H3,(H2,4,6). The quantitative estimate of drug-likeness (QED) is 0.353. The highest BCUT2D eigenvalue weighted by Crippen LogP contribution is 1.78. The molecule has 0 fully saturated rings. The minimum Gasteiger partial charge on any atom is -0.374 e. The minimum atomic E-state index is -0.435. The van der Waals surface area contributed by atoms with Gasteiger partial charge < -0.3 is 11.5 Å². The van der Waals surface area contributed by atoms with E-state index in [0.717, 1.165) is 0 Å². The molecule has 0 rings (SSSR count). The van der Waals surface area contributed by atoms with E-state index in [1.807, 2.05) is 0 Å². The Labute approximate surface area is 77.3 Å². The summed E-state index contributed by atoms with van der Waals surface area (Å²) < 4.78 is 0. The van der Waals surface area contributed by atoms with E-state index >= 15 is 0 Å². The van der Waals surface area contributed by atoms with Gasteiger partial charge in [0.15, 0.2) is 5.11 Å². The molecule has 0 saturated heterocycles. The van der Waals surface area contributed by atoms with E-state index in [2.05, 4.69) is 23.8 Å².